The van der Waals surface area contributed by atoms with Crippen LogP contribution in [0.2, 0.25) is 0 Å². The zero-order valence-electron chi connectivity index (χ0n) is 13.1. The van der Waals surface area contributed by atoms with Gasteiger partial charge in [-0.2, -0.15) is 0 Å². The summed E-state index contributed by atoms with van der Waals surface area (Å²) in [6.45, 7) is 3.41. The molecule has 9 heteroatoms. The normalized spacial score (nSPS) is 11.9. The van der Waals surface area contributed by atoms with Crippen LogP contribution in [0.25, 0.3) is 10.7 Å². The number of imidazole rings is 1. The highest BCUT2D eigenvalue weighted by molar-refractivity contribution is 7.18. The Morgan fingerprint density at radius 1 is 1.33 bits per heavy atom. The fourth-order valence-corrected chi connectivity index (χ4v) is 2.81. The van der Waals surface area contributed by atoms with Gasteiger partial charge in [0, 0.05) is 31.7 Å². The molecule has 0 aliphatic carbocycles. The molecule has 0 spiro atoms. The van der Waals surface area contributed by atoms with Crippen LogP contribution in [0.5, 0.6) is 0 Å². The standard InChI is InChI=1S/C15H17N7OS/c1-11(9-22-7-6-16-10-22)8-18-14(23)19-15-21-20-13(24-15)12-4-2-3-5-17-12/h2-7,10-11H,8-9H2,1H3,(H2,18,19,21,23). The second kappa shape index (κ2) is 7.64. The first-order chi connectivity index (χ1) is 11.7. The molecule has 0 bridgehead atoms. The molecule has 124 valence electrons. The van der Waals surface area contributed by atoms with Crippen LogP contribution in [0.4, 0.5) is 9.93 Å². The minimum Gasteiger partial charge on any atom is -0.337 e. The number of nitrogens with one attached hydrogen (secondary N) is 2. The summed E-state index contributed by atoms with van der Waals surface area (Å²) in [6.07, 6.45) is 7.09. The van der Waals surface area contributed by atoms with Gasteiger partial charge in [0.15, 0.2) is 5.01 Å². The van der Waals surface area contributed by atoms with Gasteiger partial charge in [0.05, 0.1) is 6.33 Å². The van der Waals surface area contributed by atoms with Crippen LogP contribution in [0.15, 0.2) is 43.1 Å². The van der Waals surface area contributed by atoms with Crippen molar-refractivity contribution in [2.75, 3.05) is 11.9 Å². The van der Waals surface area contributed by atoms with Crippen LogP contribution >= 0.6 is 11.3 Å². The van der Waals surface area contributed by atoms with E-state index in [9.17, 15) is 4.79 Å². The van der Waals surface area contributed by atoms with Gasteiger partial charge in [-0.15, -0.1) is 10.2 Å². The molecule has 24 heavy (non-hydrogen) atoms. The number of urea groups is 1. The third kappa shape index (κ3) is 4.35. The molecule has 3 aromatic rings. The SMILES string of the molecule is CC(CNC(=O)Nc1nnc(-c2ccccn2)s1)Cn1ccnc1. The summed E-state index contributed by atoms with van der Waals surface area (Å²) in [5.41, 5.74) is 0.734. The molecule has 0 aliphatic heterocycles. The first-order valence-corrected chi connectivity index (χ1v) is 8.28. The lowest BCUT2D eigenvalue weighted by molar-refractivity contribution is 0.250. The van der Waals surface area contributed by atoms with Gasteiger partial charge in [0.1, 0.15) is 5.69 Å². The summed E-state index contributed by atoms with van der Waals surface area (Å²) in [7, 11) is 0. The molecule has 0 saturated heterocycles. The summed E-state index contributed by atoms with van der Waals surface area (Å²) in [5, 5.41) is 14.6. The van der Waals surface area contributed by atoms with E-state index in [4.69, 9.17) is 0 Å². The fraction of sp³-hybridized carbons (Fsp3) is 0.267. The lowest BCUT2D eigenvalue weighted by Crippen LogP contribution is -2.33. The topological polar surface area (TPSA) is 97.6 Å². The molecule has 0 fully saturated rings. The van der Waals surface area contributed by atoms with Crippen molar-refractivity contribution in [3.05, 3.63) is 43.1 Å². The van der Waals surface area contributed by atoms with Crippen LogP contribution in [-0.2, 0) is 6.54 Å². The van der Waals surface area contributed by atoms with Crippen molar-refractivity contribution in [2.45, 2.75) is 13.5 Å². The molecular formula is C15H17N7OS. The molecule has 1 unspecified atom stereocenters. The molecule has 3 rings (SSSR count). The molecule has 8 nitrogen and oxygen atoms in total. The number of anilines is 1. The number of nitrogens with zero attached hydrogens (tertiary/aromatic N) is 5. The molecule has 3 aromatic heterocycles. The Kier molecular flexibility index (Phi) is 5.12. The molecule has 0 radical (unpaired) electrons. The van der Waals surface area contributed by atoms with Crippen LogP contribution in [0.1, 0.15) is 6.92 Å². The Bertz CT molecular complexity index is 772. The van der Waals surface area contributed by atoms with E-state index in [2.05, 4.69) is 37.7 Å². The van der Waals surface area contributed by atoms with Crippen molar-refractivity contribution >= 4 is 22.5 Å². The van der Waals surface area contributed by atoms with Crippen LogP contribution in [0.3, 0.4) is 0 Å². The van der Waals surface area contributed by atoms with Crippen LogP contribution < -0.4 is 10.6 Å². The average Bonchev–Trinajstić information content (AvgIpc) is 3.26. The van der Waals surface area contributed by atoms with Crippen molar-refractivity contribution in [3.8, 4) is 10.7 Å². The van der Waals surface area contributed by atoms with Gasteiger partial charge in [-0.05, 0) is 18.1 Å². The van der Waals surface area contributed by atoms with Crippen molar-refractivity contribution in [3.63, 3.8) is 0 Å². The van der Waals surface area contributed by atoms with E-state index in [0.717, 1.165) is 12.2 Å². The summed E-state index contributed by atoms with van der Waals surface area (Å²) in [6, 6.07) is 5.27. The van der Waals surface area contributed by atoms with E-state index in [1.54, 1.807) is 18.7 Å². The number of aromatic nitrogens is 5. The van der Waals surface area contributed by atoms with Crippen molar-refractivity contribution < 1.29 is 4.79 Å². The van der Waals surface area contributed by atoms with Crippen molar-refractivity contribution in [1.82, 2.24) is 30.0 Å². The monoisotopic (exact) mass is 343 g/mol. The van der Waals surface area contributed by atoms with E-state index in [1.165, 1.54) is 11.3 Å². The zero-order valence-corrected chi connectivity index (χ0v) is 13.9. The number of carbonyl (C=O) groups is 1. The number of hydrogen-bond donors (Lipinski definition) is 2. The third-order valence-corrected chi connectivity index (χ3v) is 4.08. The molecule has 2 N–H and O–H groups in total. The summed E-state index contributed by atoms with van der Waals surface area (Å²) < 4.78 is 1.98. The van der Waals surface area contributed by atoms with Gasteiger partial charge in [-0.3, -0.25) is 10.3 Å². The van der Waals surface area contributed by atoms with E-state index >= 15 is 0 Å². The van der Waals surface area contributed by atoms with Gasteiger partial charge >= 0.3 is 6.03 Å². The number of rotatable bonds is 6. The number of carbonyl (C=O) groups excluding carboxylic acids is 1. The highest BCUT2D eigenvalue weighted by atomic mass is 32.1. The van der Waals surface area contributed by atoms with Gasteiger partial charge in [-0.1, -0.05) is 24.3 Å². The Labute approximate surface area is 143 Å². The lowest BCUT2D eigenvalue weighted by Gasteiger charge is -2.13. The predicted octanol–water partition coefficient (Wildman–Crippen LogP) is 2.25. The third-order valence-electron chi connectivity index (χ3n) is 3.22. The molecule has 1 atom stereocenters. The summed E-state index contributed by atoms with van der Waals surface area (Å²) in [5.74, 6) is 0.281. The van der Waals surface area contributed by atoms with Crippen LogP contribution in [0, 0.1) is 5.92 Å². The molecular weight excluding hydrogens is 326 g/mol. The van der Waals surface area contributed by atoms with E-state index in [1.807, 2.05) is 29.0 Å². The molecule has 0 aliphatic rings. The maximum atomic E-state index is 11.9. The largest absolute Gasteiger partial charge is 0.337 e. The van der Waals surface area contributed by atoms with Crippen molar-refractivity contribution in [1.29, 1.82) is 0 Å². The van der Waals surface area contributed by atoms with E-state index in [-0.39, 0.29) is 11.9 Å². The predicted molar refractivity (Wildman–Crippen MR) is 91.6 cm³/mol. The smallest absolute Gasteiger partial charge is 0.321 e. The van der Waals surface area contributed by atoms with E-state index < -0.39 is 0 Å². The second-order valence-corrected chi connectivity index (χ2v) is 6.30. The van der Waals surface area contributed by atoms with E-state index in [0.29, 0.717) is 16.7 Å². The van der Waals surface area contributed by atoms with Gasteiger partial charge in [-0.25, -0.2) is 9.78 Å². The summed E-state index contributed by atoms with van der Waals surface area (Å²) >= 11 is 1.28. The fourth-order valence-electron chi connectivity index (χ4n) is 2.09. The highest BCUT2D eigenvalue weighted by Crippen LogP contribution is 2.24. The molecule has 0 aromatic carbocycles. The summed E-state index contributed by atoms with van der Waals surface area (Å²) in [4.78, 5) is 20.2. The lowest BCUT2D eigenvalue weighted by atomic mass is 10.2. The Balaban J connectivity index is 1.47. The average molecular weight is 343 g/mol. The first kappa shape index (κ1) is 16.1. The Morgan fingerprint density at radius 3 is 3.00 bits per heavy atom. The molecule has 3 heterocycles. The minimum absolute atomic E-state index is 0.281. The quantitative estimate of drug-likeness (QED) is 0.715. The Hall–Kier alpha value is -2.81. The van der Waals surface area contributed by atoms with Gasteiger partial charge in [0.25, 0.3) is 0 Å². The second-order valence-electron chi connectivity index (χ2n) is 5.33. The molecule has 2 amide bonds. The van der Waals surface area contributed by atoms with Gasteiger partial charge in [0.2, 0.25) is 5.13 Å². The minimum atomic E-state index is -0.295. The van der Waals surface area contributed by atoms with Crippen molar-refractivity contribution in [2.24, 2.45) is 5.92 Å². The first-order valence-electron chi connectivity index (χ1n) is 7.46. The number of amides is 2. The number of pyridine rings is 1. The highest BCUT2D eigenvalue weighted by Gasteiger charge is 2.11. The maximum Gasteiger partial charge on any atom is 0.321 e. The van der Waals surface area contributed by atoms with Crippen LogP contribution in [-0.4, -0.2) is 37.3 Å². The van der Waals surface area contributed by atoms with Gasteiger partial charge < -0.3 is 9.88 Å². The number of hydrogen-bond acceptors (Lipinski definition) is 6. The Morgan fingerprint density at radius 2 is 2.25 bits per heavy atom. The molecule has 0 saturated carbocycles. The maximum absolute atomic E-state index is 11.9. The zero-order chi connectivity index (χ0) is 16.8.